The molecule has 0 saturated heterocycles. The van der Waals surface area contributed by atoms with Gasteiger partial charge < -0.3 is 15.2 Å². The fourth-order valence-corrected chi connectivity index (χ4v) is 1.76. The van der Waals surface area contributed by atoms with Gasteiger partial charge in [-0.1, -0.05) is 12.8 Å². The van der Waals surface area contributed by atoms with Crippen LogP contribution in [-0.2, 0) is 4.74 Å². The lowest BCUT2D eigenvalue weighted by Crippen LogP contribution is -2.30. The Balaban J connectivity index is 1.98. The maximum atomic E-state index is 8.90. The van der Waals surface area contributed by atoms with E-state index in [-0.39, 0.29) is 12.6 Å². The molecular weight excluding hydrogens is 166 g/mol. The van der Waals surface area contributed by atoms with Crippen molar-refractivity contribution >= 4 is 0 Å². The van der Waals surface area contributed by atoms with Gasteiger partial charge in [-0.3, -0.25) is 0 Å². The first-order valence-corrected chi connectivity index (χ1v) is 5.26. The highest BCUT2D eigenvalue weighted by molar-refractivity contribution is 4.68. The number of likely N-dealkylation sites (N-methyl/N-ethyl adjacent to an activating group) is 1. The summed E-state index contributed by atoms with van der Waals surface area (Å²) in [7, 11) is 1.87. The molecule has 0 heterocycles. The minimum atomic E-state index is 0.196. The van der Waals surface area contributed by atoms with Crippen LogP contribution in [0.15, 0.2) is 0 Å². The molecule has 3 heteroatoms. The Kier molecular flexibility index (Phi) is 5.35. The van der Waals surface area contributed by atoms with Crippen LogP contribution in [0.25, 0.3) is 0 Å². The van der Waals surface area contributed by atoms with E-state index < -0.39 is 0 Å². The fourth-order valence-electron chi connectivity index (χ4n) is 1.76. The van der Waals surface area contributed by atoms with Crippen molar-refractivity contribution in [1.29, 1.82) is 0 Å². The summed E-state index contributed by atoms with van der Waals surface area (Å²) in [6.45, 7) is 0.973. The van der Waals surface area contributed by atoms with Crippen molar-refractivity contribution in [3.8, 4) is 0 Å². The van der Waals surface area contributed by atoms with Crippen molar-refractivity contribution < 1.29 is 9.84 Å². The second-order valence-electron chi connectivity index (χ2n) is 3.73. The molecule has 1 fully saturated rings. The van der Waals surface area contributed by atoms with Gasteiger partial charge in [0.25, 0.3) is 0 Å². The second-order valence-corrected chi connectivity index (χ2v) is 3.73. The molecule has 0 amide bonds. The number of nitrogens with one attached hydrogen (secondary N) is 1. The first-order valence-electron chi connectivity index (χ1n) is 5.26. The van der Waals surface area contributed by atoms with Crippen LogP contribution in [0.5, 0.6) is 0 Å². The SMILES string of the molecule is CNC(CO)CCOC1CCCC1. The molecule has 1 rings (SSSR count). The Hall–Kier alpha value is -0.120. The van der Waals surface area contributed by atoms with Crippen LogP contribution in [0.1, 0.15) is 32.1 Å². The Morgan fingerprint density at radius 1 is 1.46 bits per heavy atom. The van der Waals surface area contributed by atoms with E-state index in [1.54, 1.807) is 0 Å². The largest absolute Gasteiger partial charge is 0.395 e. The van der Waals surface area contributed by atoms with Gasteiger partial charge in [-0.25, -0.2) is 0 Å². The van der Waals surface area contributed by atoms with Gasteiger partial charge >= 0.3 is 0 Å². The number of hydrogen-bond acceptors (Lipinski definition) is 3. The number of hydrogen-bond donors (Lipinski definition) is 2. The third kappa shape index (κ3) is 4.07. The molecule has 0 bridgehead atoms. The van der Waals surface area contributed by atoms with Crippen LogP contribution in [-0.4, -0.2) is 37.5 Å². The van der Waals surface area contributed by atoms with E-state index in [1.165, 1.54) is 25.7 Å². The standard InChI is InChI=1S/C10H21NO2/c1-11-9(8-12)6-7-13-10-4-2-3-5-10/h9-12H,2-8H2,1H3. The van der Waals surface area contributed by atoms with E-state index in [9.17, 15) is 0 Å². The monoisotopic (exact) mass is 187 g/mol. The first-order chi connectivity index (χ1) is 6.36. The van der Waals surface area contributed by atoms with Gasteiger partial charge in [-0.05, 0) is 26.3 Å². The van der Waals surface area contributed by atoms with Crippen molar-refractivity contribution in [2.45, 2.75) is 44.2 Å². The van der Waals surface area contributed by atoms with Crippen LogP contribution >= 0.6 is 0 Å². The molecule has 78 valence electrons. The van der Waals surface area contributed by atoms with Crippen LogP contribution in [0.4, 0.5) is 0 Å². The Bertz CT molecular complexity index is 118. The van der Waals surface area contributed by atoms with Crippen molar-refractivity contribution in [3.05, 3.63) is 0 Å². The highest BCUT2D eigenvalue weighted by Gasteiger charge is 2.15. The Labute approximate surface area is 80.5 Å². The summed E-state index contributed by atoms with van der Waals surface area (Å²) < 4.78 is 5.69. The third-order valence-electron chi connectivity index (χ3n) is 2.75. The van der Waals surface area contributed by atoms with Crippen molar-refractivity contribution in [2.75, 3.05) is 20.3 Å². The zero-order chi connectivity index (χ0) is 9.52. The lowest BCUT2D eigenvalue weighted by atomic mass is 10.2. The van der Waals surface area contributed by atoms with E-state index in [1.807, 2.05) is 7.05 Å². The quantitative estimate of drug-likeness (QED) is 0.649. The lowest BCUT2D eigenvalue weighted by molar-refractivity contribution is 0.0486. The van der Waals surface area contributed by atoms with E-state index in [0.717, 1.165) is 13.0 Å². The summed E-state index contributed by atoms with van der Waals surface area (Å²) >= 11 is 0. The summed E-state index contributed by atoms with van der Waals surface area (Å²) in [4.78, 5) is 0. The maximum Gasteiger partial charge on any atom is 0.0585 e. The molecule has 0 aromatic rings. The second kappa shape index (κ2) is 6.35. The van der Waals surface area contributed by atoms with Gasteiger partial charge in [-0.15, -0.1) is 0 Å². The summed E-state index contributed by atoms with van der Waals surface area (Å²) in [5, 5.41) is 11.9. The van der Waals surface area contributed by atoms with E-state index >= 15 is 0 Å². The van der Waals surface area contributed by atoms with Gasteiger partial charge in [0.05, 0.1) is 12.7 Å². The van der Waals surface area contributed by atoms with Gasteiger partial charge in [0.2, 0.25) is 0 Å². The molecule has 0 aliphatic heterocycles. The van der Waals surface area contributed by atoms with E-state index in [0.29, 0.717) is 6.10 Å². The molecule has 0 spiro atoms. The van der Waals surface area contributed by atoms with Gasteiger partial charge in [0, 0.05) is 12.6 Å². The minimum Gasteiger partial charge on any atom is -0.395 e. The van der Waals surface area contributed by atoms with Crippen LogP contribution in [0, 0.1) is 0 Å². The zero-order valence-corrected chi connectivity index (χ0v) is 8.46. The smallest absolute Gasteiger partial charge is 0.0585 e. The van der Waals surface area contributed by atoms with Gasteiger partial charge in [0.1, 0.15) is 0 Å². The van der Waals surface area contributed by atoms with Crippen molar-refractivity contribution in [3.63, 3.8) is 0 Å². The van der Waals surface area contributed by atoms with E-state index in [2.05, 4.69) is 5.32 Å². The van der Waals surface area contributed by atoms with Crippen LogP contribution in [0.2, 0.25) is 0 Å². The molecule has 0 aromatic heterocycles. The summed E-state index contributed by atoms with van der Waals surface area (Å²) in [6, 6.07) is 0.196. The van der Waals surface area contributed by atoms with Crippen molar-refractivity contribution in [2.24, 2.45) is 0 Å². The molecule has 0 radical (unpaired) electrons. The summed E-state index contributed by atoms with van der Waals surface area (Å²) in [5.41, 5.74) is 0. The minimum absolute atomic E-state index is 0.196. The molecule has 1 aliphatic carbocycles. The topological polar surface area (TPSA) is 41.5 Å². The highest BCUT2D eigenvalue weighted by Crippen LogP contribution is 2.20. The highest BCUT2D eigenvalue weighted by atomic mass is 16.5. The normalized spacial score (nSPS) is 20.8. The predicted molar refractivity (Wildman–Crippen MR) is 52.8 cm³/mol. The van der Waals surface area contributed by atoms with Gasteiger partial charge in [0.15, 0.2) is 0 Å². The number of aliphatic hydroxyl groups is 1. The maximum absolute atomic E-state index is 8.90. The van der Waals surface area contributed by atoms with Gasteiger partial charge in [-0.2, -0.15) is 0 Å². The molecule has 1 saturated carbocycles. The number of rotatable bonds is 6. The average molecular weight is 187 g/mol. The first kappa shape index (κ1) is 11.0. The molecule has 2 N–H and O–H groups in total. The molecule has 0 aromatic carbocycles. The summed E-state index contributed by atoms with van der Waals surface area (Å²) in [6.07, 6.45) is 6.49. The predicted octanol–water partition coefficient (Wildman–Crippen LogP) is 0.916. The fraction of sp³-hybridized carbons (Fsp3) is 1.00. The zero-order valence-electron chi connectivity index (χ0n) is 8.46. The molecule has 3 nitrogen and oxygen atoms in total. The molecule has 1 aliphatic rings. The number of aliphatic hydroxyl groups excluding tert-OH is 1. The number of ether oxygens (including phenoxy) is 1. The molecule has 13 heavy (non-hydrogen) atoms. The van der Waals surface area contributed by atoms with Crippen LogP contribution < -0.4 is 5.32 Å². The molecule has 1 unspecified atom stereocenters. The lowest BCUT2D eigenvalue weighted by Gasteiger charge is -2.15. The molecular formula is C10H21NO2. The van der Waals surface area contributed by atoms with Crippen LogP contribution in [0.3, 0.4) is 0 Å². The average Bonchev–Trinajstić information content (AvgIpc) is 2.65. The van der Waals surface area contributed by atoms with E-state index in [4.69, 9.17) is 9.84 Å². The third-order valence-corrected chi connectivity index (χ3v) is 2.75. The van der Waals surface area contributed by atoms with Crippen molar-refractivity contribution in [1.82, 2.24) is 5.32 Å². The Morgan fingerprint density at radius 3 is 2.69 bits per heavy atom. The summed E-state index contributed by atoms with van der Waals surface area (Å²) in [5.74, 6) is 0. The molecule has 1 atom stereocenters. The Morgan fingerprint density at radius 2 is 2.15 bits per heavy atom.